The Hall–Kier alpha value is -1.37. The molecular formula is C9H11F3N4. The molecule has 4 nitrogen and oxygen atoms in total. The summed E-state index contributed by atoms with van der Waals surface area (Å²) in [5, 5.41) is 9.94. The molecule has 0 saturated carbocycles. The van der Waals surface area contributed by atoms with Crippen molar-refractivity contribution < 1.29 is 13.2 Å². The van der Waals surface area contributed by atoms with Gasteiger partial charge in [0.2, 0.25) is 0 Å². The summed E-state index contributed by atoms with van der Waals surface area (Å²) in [5.74, 6) is 0.495. The van der Waals surface area contributed by atoms with E-state index in [9.17, 15) is 13.2 Å². The highest BCUT2D eigenvalue weighted by Crippen LogP contribution is 2.27. The second kappa shape index (κ2) is 4.25. The molecule has 1 aromatic heterocycles. The number of nitrogens with zero attached hydrogens (tertiary/aromatic N) is 3. The Labute approximate surface area is 90.5 Å². The van der Waals surface area contributed by atoms with E-state index in [0.29, 0.717) is 5.82 Å². The lowest BCUT2D eigenvalue weighted by Gasteiger charge is -2.27. The zero-order valence-electron chi connectivity index (χ0n) is 8.46. The van der Waals surface area contributed by atoms with Gasteiger partial charge in [0.15, 0.2) is 11.5 Å². The Morgan fingerprint density at radius 1 is 1.12 bits per heavy atom. The van der Waals surface area contributed by atoms with Crippen LogP contribution in [0.15, 0.2) is 12.1 Å². The van der Waals surface area contributed by atoms with Gasteiger partial charge in [-0.3, -0.25) is 0 Å². The highest BCUT2D eigenvalue weighted by molar-refractivity contribution is 5.38. The summed E-state index contributed by atoms with van der Waals surface area (Å²) >= 11 is 0. The third kappa shape index (κ3) is 2.41. The van der Waals surface area contributed by atoms with E-state index in [-0.39, 0.29) is 0 Å². The molecule has 1 aliphatic heterocycles. The summed E-state index contributed by atoms with van der Waals surface area (Å²) in [6.45, 7) is 3.09. The Bertz CT molecular complexity index is 343. The van der Waals surface area contributed by atoms with Gasteiger partial charge in [-0.25, -0.2) is 0 Å². The molecule has 0 aliphatic carbocycles. The van der Waals surface area contributed by atoms with Crippen LogP contribution in [0.1, 0.15) is 5.69 Å². The largest absolute Gasteiger partial charge is 0.435 e. The normalized spacial score (nSPS) is 17.6. The molecule has 0 bridgehead atoms. The summed E-state index contributed by atoms with van der Waals surface area (Å²) < 4.78 is 36.7. The number of aromatic nitrogens is 2. The highest BCUT2D eigenvalue weighted by Gasteiger charge is 2.33. The van der Waals surface area contributed by atoms with E-state index in [4.69, 9.17) is 0 Å². The van der Waals surface area contributed by atoms with Crippen LogP contribution in [-0.4, -0.2) is 36.4 Å². The van der Waals surface area contributed by atoms with Crippen LogP contribution in [0.4, 0.5) is 19.0 Å². The van der Waals surface area contributed by atoms with Gasteiger partial charge in [-0.2, -0.15) is 13.2 Å². The van der Waals surface area contributed by atoms with Gasteiger partial charge >= 0.3 is 6.18 Å². The van der Waals surface area contributed by atoms with Gasteiger partial charge in [0.05, 0.1) is 0 Å². The number of piperazine rings is 1. The minimum atomic E-state index is -4.42. The highest BCUT2D eigenvalue weighted by atomic mass is 19.4. The van der Waals surface area contributed by atoms with Crippen molar-refractivity contribution in [2.24, 2.45) is 0 Å². The van der Waals surface area contributed by atoms with Crippen molar-refractivity contribution in [2.45, 2.75) is 6.18 Å². The topological polar surface area (TPSA) is 41.0 Å². The van der Waals surface area contributed by atoms with E-state index in [2.05, 4.69) is 15.5 Å². The van der Waals surface area contributed by atoms with Crippen LogP contribution in [-0.2, 0) is 6.18 Å². The monoisotopic (exact) mass is 232 g/mol. The number of hydrogen-bond donors (Lipinski definition) is 1. The van der Waals surface area contributed by atoms with Gasteiger partial charge in [-0.15, -0.1) is 10.2 Å². The van der Waals surface area contributed by atoms with Crippen molar-refractivity contribution in [1.82, 2.24) is 15.5 Å². The molecule has 2 rings (SSSR count). The van der Waals surface area contributed by atoms with E-state index < -0.39 is 11.9 Å². The molecule has 0 aromatic carbocycles. The average Bonchev–Trinajstić information content (AvgIpc) is 2.29. The molecule has 1 saturated heterocycles. The molecule has 2 heterocycles. The Morgan fingerprint density at radius 3 is 2.31 bits per heavy atom. The quantitative estimate of drug-likeness (QED) is 0.781. The molecule has 1 N–H and O–H groups in total. The van der Waals surface area contributed by atoms with E-state index in [1.807, 2.05) is 4.90 Å². The lowest BCUT2D eigenvalue weighted by atomic mass is 10.3. The van der Waals surface area contributed by atoms with Gasteiger partial charge in [0.1, 0.15) is 0 Å². The molecule has 1 aromatic rings. The molecule has 0 amide bonds. The molecule has 1 aliphatic rings. The Kier molecular flexibility index (Phi) is 2.95. The van der Waals surface area contributed by atoms with Crippen LogP contribution in [0.25, 0.3) is 0 Å². The third-order valence-corrected chi connectivity index (χ3v) is 2.38. The smallest absolute Gasteiger partial charge is 0.353 e. The summed E-state index contributed by atoms with van der Waals surface area (Å²) in [5.41, 5.74) is -0.952. The molecule has 1 fully saturated rings. The lowest BCUT2D eigenvalue weighted by molar-refractivity contribution is -0.141. The number of anilines is 1. The van der Waals surface area contributed by atoms with Crippen LogP contribution in [0, 0.1) is 0 Å². The SMILES string of the molecule is FC(F)(F)c1ccc(N2CCNCC2)nn1. The fourth-order valence-electron chi connectivity index (χ4n) is 1.54. The predicted octanol–water partition coefficient (Wildman–Crippen LogP) is 0.905. The minimum Gasteiger partial charge on any atom is -0.353 e. The average molecular weight is 232 g/mol. The molecular weight excluding hydrogens is 221 g/mol. The molecule has 88 valence electrons. The summed E-state index contributed by atoms with van der Waals surface area (Å²) in [6.07, 6.45) is -4.42. The standard InChI is InChI=1S/C9H11F3N4/c10-9(11,12)7-1-2-8(15-14-7)16-5-3-13-4-6-16/h1-2,13H,3-6H2. The van der Waals surface area contributed by atoms with E-state index >= 15 is 0 Å². The van der Waals surface area contributed by atoms with Crippen molar-refractivity contribution in [2.75, 3.05) is 31.1 Å². The first-order valence-electron chi connectivity index (χ1n) is 4.94. The van der Waals surface area contributed by atoms with Crippen LogP contribution in [0.3, 0.4) is 0 Å². The van der Waals surface area contributed by atoms with Gasteiger partial charge < -0.3 is 10.2 Å². The van der Waals surface area contributed by atoms with Crippen LogP contribution < -0.4 is 10.2 Å². The van der Waals surface area contributed by atoms with E-state index in [0.717, 1.165) is 32.2 Å². The lowest BCUT2D eigenvalue weighted by Crippen LogP contribution is -2.44. The first kappa shape index (κ1) is 11.1. The van der Waals surface area contributed by atoms with E-state index in [1.54, 1.807) is 0 Å². The zero-order valence-corrected chi connectivity index (χ0v) is 8.46. The maximum atomic E-state index is 12.2. The second-order valence-corrected chi connectivity index (χ2v) is 3.51. The molecule has 0 spiro atoms. The predicted molar refractivity (Wildman–Crippen MR) is 52.1 cm³/mol. The Morgan fingerprint density at radius 2 is 1.81 bits per heavy atom. The maximum Gasteiger partial charge on any atom is 0.435 e. The maximum absolute atomic E-state index is 12.2. The van der Waals surface area contributed by atoms with Crippen LogP contribution in [0.2, 0.25) is 0 Å². The van der Waals surface area contributed by atoms with Crippen molar-refractivity contribution in [3.05, 3.63) is 17.8 Å². The molecule has 0 atom stereocenters. The molecule has 0 radical (unpaired) electrons. The summed E-state index contributed by atoms with van der Waals surface area (Å²) in [4.78, 5) is 1.91. The number of nitrogens with one attached hydrogen (secondary N) is 1. The van der Waals surface area contributed by atoms with Gasteiger partial charge in [0, 0.05) is 26.2 Å². The third-order valence-electron chi connectivity index (χ3n) is 2.38. The van der Waals surface area contributed by atoms with Crippen molar-refractivity contribution in [3.63, 3.8) is 0 Å². The van der Waals surface area contributed by atoms with Crippen LogP contribution >= 0.6 is 0 Å². The van der Waals surface area contributed by atoms with Crippen LogP contribution in [0.5, 0.6) is 0 Å². The number of rotatable bonds is 1. The first-order chi connectivity index (χ1) is 7.57. The summed E-state index contributed by atoms with van der Waals surface area (Å²) in [6, 6.07) is 2.32. The molecule has 16 heavy (non-hydrogen) atoms. The first-order valence-corrected chi connectivity index (χ1v) is 4.94. The van der Waals surface area contributed by atoms with Gasteiger partial charge in [-0.05, 0) is 12.1 Å². The van der Waals surface area contributed by atoms with Gasteiger partial charge in [-0.1, -0.05) is 0 Å². The number of hydrogen-bond acceptors (Lipinski definition) is 4. The minimum absolute atomic E-state index is 0.495. The fourth-order valence-corrected chi connectivity index (χ4v) is 1.54. The van der Waals surface area contributed by atoms with E-state index in [1.165, 1.54) is 6.07 Å². The molecule has 0 unspecified atom stereocenters. The summed E-state index contributed by atoms with van der Waals surface area (Å²) in [7, 11) is 0. The van der Waals surface area contributed by atoms with Crippen molar-refractivity contribution >= 4 is 5.82 Å². The number of halogens is 3. The van der Waals surface area contributed by atoms with Crippen molar-refractivity contribution in [1.29, 1.82) is 0 Å². The van der Waals surface area contributed by atoms with Crippen molar-refractivity contribution in [3.8, 4) is 0 Å². The second-order valence-electron chi connectivity index (χ2n) is 3.51. The number of alkyl halides is 3. The fraction of sp³-hybridized carbons (Fsp3) is 0.556. The molecule has 7 heteroatoms. The van der Waals surface area contributed by atoms with Gasteiger partial charge in [0.25, 0.3) is 0 Å². The zero-order chi connectivity index (χ0) is 11.6. The Balaban J connectivity index is 2.12.